The van der Waals surface area contributed by atoms with E-state index < -0.39 is 0 Å². The molecule has 1 atom stereocenters. The fourth-order valence-electron chi connectivity index (χ4n) is 1.21. The van der Waals surface area contributed by atoms with Crippen LogP contribution in [0, 0.1) is 0 Å². The minimum Gasteiger partial charge on any atom is -0.353 e. The van der Waals surface area contributed by atoms with Gasteiger partial charge in [0.15, 0.2) is 0 Å². The van der Waals surface area contributed by atoms with Crippen LogP contribution >= 0.6 is 27.3 Å². The number of amides is 1. The predicted octanol–water partition coefficient (Wildman–Crippen LogP) is 2.51. The Morgan fingerprint density at radius 3 is 2.69 bits per heavy atom. The van der Waals surface area contributed by atoms with Crippen molar-refractivity contribution < 1.29 is 4.79 Å². The molecule has 1 amide bonds. The molecule has 0 aromatic carbocycles. The molecule has 1 unspecified atom stereocenters. The van der Waals surface area contributed by atoms with E-state index in [2.05, 4.69) is 38.0 Å². The van der Waals surface area contributed by atoms with Crippen molar-refractivity contribution in [2.45, 2.75) is 39.4 Å². The lowest BCUT2D eigenvalue weighted by atomic mass is 10.2. The van der Waals surface area contributed by atoms with Crippen molar-refractivity contribution in [1.29, 1.82) is 0 Å². The third kappa shape index (κ3) is 4.63. The number of carbonyl (C=O) groups excluding carboxylic acids is 1. The molecule has 2 N–H and O–H groups in total. The van der Waals surface area contributed by atoms with E-state index in [0.29, 0.717) is 0 Å². The topological polar surface area (TPSA) is 41.1 Å². The molecule has 16 heavy (non-hydrogen) atoms. The van der Waals surface area contributed by atoms with Crippen LogP contribution in [0.25, 0.3) is 0 Å². The van der Waals surface area contributed by atoms with Gasteiger partial charge >= 0.3 is 0 Å². The molecule has 0 fully saturated rings. The molecule has 0 aliphatic heterocycles. The van der Waals surface area contributed by atoms with Crippen molar-refractivity contribution in [1.82, 2.24) is 10.6 Å². The van der Waals surface area contributed by atoms with Gasteiger partial charge in [0.2, 0.25) is 5.91 Å². The summed E-state index contributed by atoms with van der Waals surface area (Å²) in [5.41, 5.74) is 1.20. The van der Waals surface area contributed by atoms with E-state index in [4.69, 9.17) is 0 Å². The zero-order valence-electron chi connectivity index (χ0n) is 9.71. The van der Waals surface area contributed by atoms with Crippen LogP contribution < -0.4 is 10.6 Å². The van der Waals surface area contributed by atoms with Gasteiger partial charge in [-0.25, -0.2) is 0 Å². The van der Waals surface area contributed by atoms with E-state index in [1.54, 1.807) is 11.3 Å². The lowest BCUT2D eigenvalue weighted by molar-refractivity contribution is -0.123. The van der Waals surface area contributed by atoms with E-state index >= 15 is 0 Å². The zero-order valence-corrected chi connectivity index (χ0v) is 12.1. The van der Waals surface area contributed by atoms with Gasteiger partial charge in [0.1, 0.15) is 0 Å². The first-order valence-electron chi connectivity index (χ1n) is 5.25. The Labute approximate surface area is 109 Å². The first kappa shape index (κ1) is 13.7. The summed E-state index contributed by atoms with van der Waals surface area (Å²) in [7, 11) is 0. The lowest BCUT2D eigenvalue weighted by Crippen LogP contribution is -2.44. The molecular formula is C11H17BrN2OS. The Hall–Kier alpha value is -0.390. The molecule has 1 heterocycles. The van der Waals surface area contributed by atoms with E-state index in [1.807, 2.05) is 20.8 Å². The average Bonchev–Trinajstić information content (AvgIpc) is 2.59. The van der Waals surface area contributed by atoms with Gasteiger partial charge in [-0.05, 0) is 53.7 Å². The normalized spacial score (nSPS) is 12.8. The smallest absolute Gasteiger partial charge is 0.237 e. The molecule has 5 heteroatoms. The summed E-state index contributed by atoms with van der Waals surface area (Å²) in [5, 5.41) is 8.14. The molecule has 0 saturated heterocycles. The lowest BCUT2D eigenvalue weighted by Gasteiger charge is -2.15. The summed E-state index contributed by atoms with van der Waals surface area (Å²) in [6.45, 7) is 6.51. The molecule has 1 rings (SSSR count). The van der Waals surface area contributed by atoms with Gasteiger partial charge < -0.3 is 10.6 Å². The Morgan fingerprint density at radius 2 is 2.19 bits per heavy atom. The second-order valence-electron chi connectivity index (χ2n) is 4.02. The van der Waals surface area contributed by atoms with E-state index in [9.17, 15) is 4.79 Å². The summed E-state index contributed by atoms with van der Waals surface area (Å²) < 4.78 is 1.11. The molecule has 1 aromatic rings. The second kappa shape index (κ2) is 6.37. The maximum atomic E-state index is 11.6. The van der Waals surface area contributed by atoms with Gasteiger partial charge in [-0.2, -0.15) is 0 Å². The van der Waals surface area contributed by atoms with Crippen molar-refractivity contribution in [3.05, 3.63) is 20.8 Å². The fraction of sp³-hybridized carbons (Fsp3) is 0.545. The highest BCUT2D eigenvalue weighted by Gasteiger charge is 2.12. The highest BCUT2D eigenvalue weighted by Crippen LogP contribution is 2.20. The summed E-state index contributed by atoms with van der Waals surface area (Å²) in [6, 6.07) is 2.08. The molecule has 0 aliphatic rings. The molecular weight excluding hydrogens is 288 g/mol. The molecule has 90 valence electrons. The van der Waals surface area contributed by atoms with Crippen LogP contribution in [0.5, 0.6) is 0 Å². The van der Waals surface area contributed by atoms with Crippen molar-refractivity contribution in [3.63, 3.8) is 0 Å². The number of hydrogen-bond donors (Lipinski definition) is 2. The SMILES string of the molecule is CC(C)NC(=O)C(C)NCc1csc(Br)c1. The van der Waals surface area contributed by atoms with Crippen LogP contribution in [0.4, 0.5) is 0 Å². The van der Waals surface area contributed by atoms with Crippen LogP contribution in [0.1, 0.15) is 26.3 Å². The first-order valence-corrected chi connectivity index (χ1v) is 6.93. The van der Waals surface area contributed by atoms with Crippen LogP contribution in [-0.4, -0.2) is 18.0 Å². The number of carbonyl (C=O) groups is 1. The largest absolute Gasteiger partial charge is 0.353 e. The van der Waals surface area contributed by atoms with Crippen molar-refractivity contribution in [3.8, 4) is 0 Å². The van der Waals surface area contributed by atoms with Gasteiger partial charge in [0.05, 0.1) is 9.83 Å². The Kier molecular flexibility index (Phi) is 5.44. The highest BCUT2D eigenvalue weighted by molar-refractivity contribution is 9.11. The van der Waals surface area contributed by atoms with Crippen molar-refractivity contribution in [2.75, 3.05) is 0 Å². The third-order valence-electron chi connectivity index (χ3n) is 2.06. The quantitative estimate of drug-likeness (QED) is 0.877. The van der Waals surface area contributed by atoms with Crippen molar-refractivity contribution >= 4 is 33.2 Å². The Morgan fingerprint density at radius 1 is 1.50 bits per heavy atom. The molecule has 3 nitrogen and oxygen atoms in total. The van der Waals surface area contributed by atoms with Gasteiger partial charge in [-0.3, -0.25) is 4.79 Å². The summed E-state index contributed by atoms with van der Waals surface area (Å²) in [5.74, 6) is 0.0456. The summed E-state index contributed by atoms with van der Waals surface area (Å²) in [6.07, 6.45) is 0. The van der Waals surface area contributed by atoms with Crippen LogP contribution in [0.15, 0.2) is 15.2 Å². The van der Waals surface area contributed by atoms with E-state index in [0.717, 1.165) is 10.3 Å². The summed E-state index contributed by atoms with van der Waals surface area (Å²) >= 11 is 5.06. The fourth-order valence-corrected chi connectivity index (χ4v) is 2.42. The van der Waals surface area contributed by atoms with Gasteiger partial charge in [-0.1, -0.05) is 0 Å². The average molecular weight is 305 g/mol. The first-order chi connectivity index (χ1) is 7.49. The van der Waals surface area contributed by atoms with Gasteiger partial charge in [-0.15, -0.1) is 11.3 Å². The second-order valence-corrected chi connectivity index (χ2v) is 6.32. The maximum Gasteiger partial charge on any atom is 0.237 e. The number of thiophene rings is 1. The molecule has 0 radical (unpaired) electrons. The third-order valence-corrected chi connectivity index (χ3v) is 3.61. The molecule has 0 spiro atoms. The number of nitrogens with one attached hydrogen (secondary N) is 2. The minimum absolute atomic E-state index is 0.0456. The van der Waals surface area contributed by atoms with Crippen LogP contribution in [0.3, 0.4) is 0 Å². The van der Waals surface area contributed by atoms with Crippen LogP contribution in [-0.2, 0) is 11.3 Å². The molecule has 0 saturated carbocycles. The molecule has 0 bridgehead atoms. The zero-order chi connectivity index (χ0) is 12.1. The van der Waals surface area contributed by atoms with Gasteiger partial charge in [0, 0.05) is 12.6 Å². The standard InChI is InChI=1S/C11H17BrN2OS/c1-7(2)14-11(15)8(3)13-5-9-4-10(12)16-6-9/h4,6-8,13H,5H2,1-3H3,(H,14,15). The Balaban J connectivity index is 2.34. The highest BCUT2D eigenvalue weighted by atomic mass is 79.9. The van der Waals surface area contributed by atoms with E-state index in [-0.39, 0.29) is 18.0 Å². The minimum atomic E-state index is -0.166. The van der Waals surface area contributed by atoms with Crippen molar-refractivity contribution in [2.24, 2.45) is 0 Å². The maximum absolute atomic E-state index is 11.6. The monoisotopic (exact) mass is 304 g/mol. The molecule has 1 aromatic heterocycles. The number of hydrogen-bond acceptors (Lipinski definition) is 3. The van der Waals surface area contributed by atoms with Crippen LogP contribution in [0.2, 0.25) is 0 Å². The summed E-state index contributed by atoms with van der Waals surface area (Å²) in [4.78, 5) is 11.6. The predicted molar refractivity (Wildman–Crippen MR) is 71.6 cm³/mol. The number of halogens is 1. The van der Waals surface area contributed by atoms with E-state index in [1.165, 1.54) is 5.56 Å². The Bertz CT molecular complexity index is 352. The number of rotatable bonds is 5. The molecule has 0 aliphatic carbocycles. The van der Waals surface area contributed by atoms with Gasteiger partial charge in [0.25, 0.3) is 0 Å².